The molecule has 80 valence electrons. The lowest BCUT2D eigenvalue weighted by molar-refractivity contribution is 0.635. The van der Waals surface area contributed by atoms with E-state index in [0.29, 0.717) is 5.92 Å². The van der Waals surface area contributed by atoms with Gasteiger partial charge in [-0.1, -0.05) is 25.2 Å². The van der Waals surface area contributed by atoms with Crippen molar-refractivity contribution in [2.45, 2.75) is 39.5 Å². The van der Waals surface area contributed by atoms with Crippen molar-refractivity contribution in [2.75, 3.05) is 0 Å². The van der Waals surface area contributed by atoms with Crippen LogP contribution < -0.4 is 0 Å². The third kappa shape index (κ3) is 1.47. The molecule has 0 aromatic carbocycles. The Kier molecular flexibility index (Phi) is 2.06. The summed E-state index contributed by atoms with van der Waals surface area (Å²) >= 11 is 1.75. The highest BCUT2D eigenvalue weighted by Crippen LogP contribution is 2.26. The summed E-state index contributed by atoms with van der Waals surface area (Å²) in [6, 6.07) is 0. The van der Waals surface area contributed by atoms with E-state index >= 15 is 0 Å². The summed E-state index contributed by atoms with van der Waals surface area (Å²) in [5, 5.41) is 5.88. The fraction of sp³-hybridized carbons (Fsp3) is 0.636. The SMILES string of the molecule is CC(C)Cc1nn2c3c(nc2s1)CCC3. The average molecular weight is 221 g/mol. The van der Waals surface area contributed by atoms with Gasteiger partial charge in [-0.05, 0) is 25.2 Å². The monoisotopic (exact) mass is 221 g/mol. The number of aromatic nitrogens is 3. The lowest BCUT2D eigenvalue weighted by Gasteiger charge is -1.97. The molecule has 0 atom stereocenters. The summed E-state index contributed by atoms with van der Waals surface area (Å²) in [5.74, 6) is 0.675. The molecular weight excluding hydrogens is 206 g/mol. The van der Waals surface area contributed by atoms with Gasteiger partial charge in [0, 0.05) is 6.42 Å². The fourth-order valence-electron chi connectivity index (χ4n) is 2.18. The van der Waals surface area contributed by atoms with Crippen molar-refractivity contribution in [2.24, 2.45) is 5.92 Å². The van der Waals surface area contributed by atoms with E-state index in [1.165, 1.54) is 22.8 Å². The third-order valence-corrected chi connectivity index (χ3v) is 3.76. The van der Waals surface area contributed by atoms with E-state index in [4.69, 9.17) is 0 Å². The summed E-state index contributed by atoms with van der Waals surface area (Å²) in [6.45, 7) is 4.46. The van der Waals surface area contributed by atoms with Gasteiger partial charge in [0.1, 0.15) is 5.01 Å². The molecule has 0 bridgehead atoms. The number of imidazole rings is 1. The van der Waals surface area contributed by atoms with E-state index in [0.717, 1.165) is 24.2 Å². The van der Waals surface area contributed by atoms with Crippen LogP contribution in [0.4, 0.5) is 0 Å². The van der Waals surface area contributed by atoms with Crippen LogP contribution in [0.15, 0.2) is 0 Å². The summed E-state index contributed by atoms with van der Waals surface area (Å²) < 4.78 is 2.07. The standard InChI is InChI=1S/C11H15N3S/c1-7(2)6-10-13-14-9-5-3-4-8(9)12-11(14)15-10/h7H,3-6H2,1-2H3. The summed E-state index contributed by atoms with van der Waals surface area (Å²) in [4.78, 5) is 5.73. The second-order valence-electron chi connectivity index (χ2n) is 4.65. The predicted molar refractivity (Wildman–Crippen MR) is 61.4 cm³/mol. The first-order chi connectivity index (χ1) is 7.24. The lowest BCUT2D eigenvalue weighted by Crippen LogP contribution is -1.96. The van der Waals surface area contributed by atoms with E-state index in [-0.39, 0.29) is 0 Å². The Bertz CT molecular complexity index is 495. The van der Waals surface area contributed by atoms with Crippen LogP contribution in [0, 0.1) is 5.92 Å². The number of nitrogens with zero attached hydrogens (tertiary/aromatic N) is 3. The van der Waals surface area contributed by atoms with Crippen molar-refractivity contribution in [3.63, 3.8) is 0 Å². The molecule has 0 saturated carbocycles. The minimum Gasteiger partial charge on any atom is -0.222 e. The molecular formula is C11H15N3S. The minimum atomic E-state index is 0.675. The lowest BCUT2D eigenvalue weighted by atomic mass is 10.1. The van der Waals surface area contributed by atoms with Gasteiger partial charge in [0.2, 0.25) is 4.96 Å². The normalized spacial score (nSPS) is 15.4. The highest BCUT2D eigenvalue weighted by atomic mass is 32.1. The van der Waals surface area contributed by atoms with Gasteiger partial charge in [0.15, 0.2) is 0 Å². The molecule has 15 heavy (non-hydrogen) atoms. The van der Waals surface area contributed by atoms with Crippen LogP contribution in [-0.4, -0.2) is 14.6 Å². The van der Waals surface area contributed by atoms with E-state index in [1.54, 1.807) is 11.3 Å². The molecule has 3 rings (SSSR count). The fourth-order valence-corrected chi connectivity index (χ4v) is 3.32. The molecule has 0 amide bonds. The summed E-state index contributed by atoms with van der Waals surface area (Å²) in [5.41, 5.74) is 2.64. The van der Waals surface area contributed by atoms with E-state index in [1.807, 2.05) is 0 Å². The first-order valence-electron chi connectivity index (χ1n) is 5.60. The maximum atomic E-state index is 4.66. The molecule has 0 N–H and O–H groups in total. The number of hydrogen-bond donors (Lipinski definition) is 0. The van der Waals surface area contributed by atoms with Crippen molar-refractivity contribution in [1.29, 1.82) is 0 Å². The largest absolute Gasteiger partial charge is 0.222 e. The van der Waals surface area contributed by atoms with Crippen LogP contribution in [0.25, 0.3) is 4.96 Å². The summed E-state index contributed by atoms with van der Waals surface area (Å²) in [6.07, 6.45) is 4.62. The maximum Gasteiger partial charge on any atom is 0.212 e. The Labute approximate surface area is 93.1 Å². The maximum absolute atomic E-state index is 4.66. The first-order valence-corrected chi connectivity index (χ1v) is 6.42. The number of hydrogen-bond acceptors (Lipinski definition) is 3. The van der Waals surface area contributed by atoms with Crippen LogP contribution in [-0.2, 0) is 19.3 Å². The highest BCUT2D eigenvalue weighted by Gasteiger charge is 2.20. The van der Waals surface area contributed by atoms with Gasteiger partial charge >= 0.3 is 0 Å². The zero-order valence-electron chi connectivity index (χ0n) is 9.16. The minimum absolute atomic E-state index is 0.675. The van der Waals surface area contributed by atoms with Crippen molar-refractivity contribution in [3.8, 4) is 0 Å². The molecule has 0 unspecified atom stereocenters. The second kappa shape index (κ2) is 3.30. The molecule has 2 heterocycles. The van der Waals surface area contributed by atoms with Crippen LogP contribution in [0.2, 0.25) is 0 Å². The van der Waals surface area contributed by atoms with Crippen LogP contribution in [0.3, 0.4) is 0 Å². The molecule has 1 aliphatic rings. The van der Waals surface area contributed by atoms with Gasteiger partial charge < -0.3 is 0 Å². The predicted octanol–water partition coefficient (Wildman–Crippen LogP) is 2.48. The summed E-state index contributed by atoms with van der Waals surface area (Å²) in [7, 11) is 0. The smallest absolute Gasteiger partial charge is 0.212 e. The topological polar surface area (TPSA) is 30.2 Å². The first kappa shape index (κ1) is 9.33. The van der Waals surface area contributed by atoms with E-state index in [2.05, 4.69) is 28.4 Å². The molecule has 0 fully saturated rings. The Hall–Kier alpha value is -0.900. The molecule has 3 nitrogen and oxygen atoms in total. The van der Waals surface area contributed by atoms with Crippen LogP contribution in [0.5, 0.6) is 0 Å². The molecule has 0 radical (unpaired) electrons. The molecule has 2 aromatic heterocycles. The number of fused-ring (bicyclic) bond motifs is 3. The molecule has 0 aliphatic heterocycles. The Balaban J connectivity index is 2.04. The Morgan fingerprint density at radius 1 is 1.40 bits per heavy atom. The van der Waals surface area contributed by atoms with Gasteiger partial charge in [-0.15, -0.1) is 0 Å². The third-order valence-electron chi connectivity index (χ3n) is 2.83. The zero-order valence-corrected chi connectivity index (χ0v) is 9.97. The van der Waals surface area contributed by atoms with Gasteiger partial charge in [-0.2, -0.15) is 5.10 Å². The average Bonchev–Trinajstić information content (AvgIpc) is 2.74. The molecule has 0 saturated heterocycles. The van der Waals surface area contributed by atoms with Crippen LogP contribution in [0.1, 0.15) is 36.7 Å². The number of rotatable bonds is 2. The van der Waals surface area contributed by atoms with E-state index < -0.39 is 0 Å². The molecule has 2 aromatic rings. The molecule has 1 aliphatic carbocycles. The van der Waals surface area contributed by atoms with Crippen molar-refractivity contribution < 1.29 is 0 Å². The van der Waals surface area contributed by atoms with Crippen molar-refractivity contribution in [3.05, 3.63) is 16.4 Å². The second-order valence-corrected chi connectivity index (χ2v) is 5.69. The van der Waals surface area contributed by atoms with Gasteiger partial charge in [0.25, 0.3) is 0 Å². The number of aryl methyl sites for hydroxylation is 2. The van der Waals surface area contributed by atoms with Gasteiger partial charge in [-0.25, -0.2) is 9.50 Å². The molecule has 0 spiro atoms. The van der Waals surface area contributed by atoms with Crippen molar-refractivity contribution >= 4 is 16.3 Å². The van der Waals surface area contributed by atoms with E-state index in [9.17, 15) is 0 Å². The zero-order chi connectivity index (χ0) is 10.4. The quantitative estimate of drug-likeness (QED) is 0.780. The van der Waals surface area contributed by atoms with Gasteiger partial charge in [0.05, 0.1) is 11.4 Å². The Morgan fingerprint density at radius 3 is 3.07 bits per heavy atom. The van der Waals surface area contributed by atoms with Crippen LogP contribution >= 0.6 is 11.3 Å². The Morgan fingerprint density at radius 2 is 2.27 bits per heavy atom. The highest BCUT2D eigenvalue weighted by molar-refractivity contribution is 7.16. The van der Waals surface area contributed by atoms with Gasteiger partial charge in [-0.3, -0.25) is 0 Å². The molecule has 4 heteroatoms. The van der Waals surface area contributed by atoms with Crippen molar-refractivity contribution in [1.82, 2.24) is 14.6 Å².